The molecule has 0 radical (unpaired) electrons. The summed E-state index contributed by atoms with van der Waals surface area (Å²) in [5.74, 6) is 0.767. The Kier molecular flexibility index (Phi) is 4.46. The monoisotopic (exact) mass is 220 g/mol. The molecule has 0 N–H and O–H groups in total. The highest BCUT2D eigenvalue weighted by atomic mass is 79.9. The van der Waals surface area contributed by atoms with Gasteiger partial charge in [-0.2, -0.15) is 0 Å². The van der Waals surface area contributed by atoms with Gasteiger partial charge in [-0.3, -0.25) is 0 Å². The zero-order chi connectivity index (χ0) is 8.10. The van der Waals surface area contributed by atoms with Gasteiger partial charge < -0.3 is 4.74 Å². The highest BCUT2D eigenvalue weighted by molar-refractivity contribution is 9.09. The predicted molar refractivity (Wildman–Crippen MR) is 51.2 cm³/mol. The van der Waals surface area contributed by atoms with Crippen LogP contribution in [0.2, 0.25) is 0 Å². The second-order valence-corrected chi connectivity index (χ2v) is 3.99. The lowest BCUT2D eigenvalue weighted by Crippen LogP contribution is -2.26. The lowest BCUT2D eigenvalue weighted by atomic mass is 9.98. The van der Waals surface area contributed by atoms with E-state index in [2.05, 4.69) is 22.9 Å². The fourth-order valence-corrected chi connectivity index (χ4v) is 2.04. The molecule has 1 nitrogen and oxygen atoms in total. The molecule has 0 bridgehead atoms. The minimum Gasteiger partial charge on any atom is -0.378 e. The molecule has 1 fully saturated rings. The first-order chi connectivity index (χ1) is 5.36. The van der Waals surface area contributed by atoms with Gasteiger partial charge in [0.1, 0.15) is 0 Å². The van der Waals surface area contributed by atoms with E-state index >= 15 is 0 Å². The maximum Gasteiger partial charge on any atom is 0.0575 e. The number of alkyl halides is 1. The Morgan fingerprint density at radius 2 is 2.27 bits per heavy atom. The average Bonchev–Trinajstić information content (AvgIpc) is 2.07. The minimum atomic E-state index is 0.565. The molecule has 0 saturated carbocycles. The van der Waals surface area contributed by atoms with E-state index in [9.17, 15) is 0 Å². The maximum absolute atomic E-state index is 5.69. The van der Waals surface area contributed by atoms with Crippen LogP contribution in [0.5, 0.6) is 0 Å². The Morgan fingerprint density at radius 3 is 2.73 bits per heavy atom. The van der Waals surface area contributed by atoms with Gasteiger partial charge in [0, 0.05) is 5.33 Å². The molecule has 1 saturated heterocycles. The van der Waals surface area contributed by atoms with Crippen molar-refractivity contribution in [2.75, 3.05) is 11.9 Å². The van der Waals surface area contributed by atoms with Crippen LogP contribution in [0.1, 0.15) is 32.6 Å². The van der Waals surface area contributed by atoms with Crippen LogP contribution in [0.3, 0.4) is 0 Å². The quantitative estimate of drug-likeness (QED) is 0.665. The Morgan fingerprint density at radius 1 is 1.45 bits per heavy atom. The summed E-state index contributed by atoms with van der Waals surface area (Å²) in [6.07, 6.45) is 5.67. The van der Waals surface area contributed by atoms with Crippen LogP contribution in [0.25, 0.3) is 0 Å². The van der Waals surface area contributed by atoms with E-state index in [0.29, 0.717) is 6.10 Å². The van der Waals surface area contributed by atoms with Gasteiger partial charge in [-0.05, 0) is 25.2 Å². The second kappa shape index (κ2) is 5.15. The van der Waals surface area contributed by atoms with Crippen molar-refractivity contribution >= 4 is 15.9 Å². The van der Waals surface area contributed by atoms with Crippen molar-refractivity contribution in [3.63, 3.8) is 0 Å². The highest BCUT2D eigenvalue weighted by Gasteiger charge is 2.19. The molecule has 0 aromatic carbocycles. The third kappa shape index (κ3) is 3.12. The molecule has 0 amide bonds. The first-order valence-corrected chi connectivity index (χ1v) is 5.66. The SMILES string of the molecule is CCCC1CCC(CBr)CO1. The van der Waals surface area contributed by atoms with Gasteiger partial charge in [0.2, 0.25) is 0 Å². The zero-order valence-electron chi connectivity index (χ0n) is 7.18. The second-order valence-electron chi connectivity index (χ2n) is 3.34. The predicted octanol–water partition coefficient (Wildman–Crippen LogP) is 2.98. The maximum atomic E-state index is 5.69. The minimum absolute atomic E-state index is 0.565. The summed E-state index contributed by atoms with van der Waals surface area (Å²) < 4.78 is 5.69. The number of hydrogen-bond donors (Lipinski definition) is 0. The molecule has 66 valence electrons. The number of rotatable bonds is 3. The Balaban J connectivity index is 2.14. The van der Waals surface area contributed by atoms with Crippen molar-refractivity contribution in [1.29, 1.82) is 0 Å². The summed E-state index contributed by atoms with van der Waals surface area (Å²) in [5.41, 5.74) is 0. The summed E-state index contributed by atoms with van der Waals surface area (Å²) in [6.45, 7) is 3.19. The molecule has 1 aliphatic heterocycles. The van der Waals surface area contributed by atoms with Crippen molar-refractivity contribution in [3.05, 3.63) is 0 Å². The van der Waals surface area contributed by atoms with Crippen molar-refractivity contribution in [3.8, 4) is 0 Å². The molecule has 1 rings (SSSR count). The lowest BCUT2D eigenvalue weighted by Gasteiger charge is -2.27. The van der Waals surface area contributed by atoms with E-state index < -0.39 is 0 Å². The Bertz CT molecular complexity index is 97.7. The van der Waals surface area contributed by atoms with Gasteiger partial charge in [0.25, 0.3) is 0 Å². The third-order valence-corrected chi connectivity index (χ3v) is 3.21. The van der Waals surface area contributed by atoms with Gasteiger partial charge in [0.05, 0.1) is 12.7 Å². The third-order valence-electron chi connectivity index (χ3n) is 2.29. The van der Waals surface area contributed by atoms with Gasteiger partial charge in [-0.15, -0.1) is 0 Å². The molecule has 11 heavy (non-hydrogen) atoms. The summed E-state index contributed by atoms with van der Waals surface area (Å²) >= 11 is 3.49. The lowest BCUT2D eigenvalue weighted by molar-refractivity contribution is -0.0137. The van der Waals surface area contributed by atoms with E-state index in [1.165, 1.54) is 25.7 Å². The summed E-state index contributed by atoms with van der Waals surface area (Å²) in [6, 6.07) is 0. The van der Waals surface area contributed by atoms with Crippen LogP contribution < -0.4 is 0 Å². The summed E-state index contributed by atoms with van der Waals surface area (Å²) in [7, 11) is 0. The zero-order valence-corrected chi connectivity index (χ0v) is 8.77. The van der Waals surface area contributed by atoms with Crippen molar-refractivity contribution in [2.45, 2.75) is 38.7 Å². The van der Waals surface area contributed by atoms with Crippen molar-refractivity contribution in [2.24, 2.45) is 5.92 Å². The van der Waals surface area contributed by atoms with Crippen molar-refractivity contribution in [1.82, 2.24) is 0 Å². The molecule has 2 atom stereocenters. The van der Waals surface area contributed by atoms with E-state index in [0.717, 1.165) is 17.9 Å². The van der Waals surface area contributed by atoms with Crippen LogP contribution in [-0.4, -0.2) is 18.0 Å². The largest absolute Gasteiger partial charge is 0.378 e. The first-order valence-electron chi connectivity index (χ1n) is 4.54. The van der Waals surface area contributed by atoms with Crippen molar-refractivity contribution < 1.29 is 4.74 Å². The molecule has 1 heterocycles. The standard InChI is InChI=1S/C9H17BrO/c1-2-3-9-5-4-8(6-10)7-11-9/h8-9H,2-7H2,1H3. The van der Waals surface area contributed by atoms with Gasteiger partial charge in [-0.25, -0.2) is 0 Å². The van der Waals surface area contributed by atoms with Crippen LogP contribution in [0, 0.1) is 5.92 Å². The molecule has 2 unspecified atom stereocenters. The van der Waals surface area contributed by atoms with Gasteiger partial charge in [0.15, 0.2) is 0 Å². The molecule has 0 aromatic rings. The van der Waals surface area contributed by atoms with Gasteiger partial charge >= 0.3 is 0 Å². The molecule has 0 aliphatic carbocycles. The first kappa shape index (κ1) is 9.53. The number of ether oxygens (including phenoxy) is 1. The van der Waals surface area contributed by atoms with Gasteiger partial charge in [-0.1, -0.05) is 29.3 Å². The van der Waals surface area contributed by atoms with E-state index in [4.69, 9.17) is 4.74 Å². The number of hydrogen-bond acceptors (Lipinski definition) is 1. The molecule has 2 heteroatoms. The molecular weight excluding hydrogens is 204 g/mol. The van der Waals surface area contributed by atoms with Crippen LogP contribution in [0.4, 0.5) is 0 Å². The summed E-state index contributed by atoms with van der Waals surface area (Å²) in [5, 5.41) is 1.10. The van der Waals surface area contributed by atoms with Crippen LogP contribution >= 0.6 is 15.9 Å². The fraction of sp³-hybridized carbons (Fsp3) is 1.00. The highest BCUT2D eigenvalue weighted by Crippen LogP contribution is 2.22. The topological polar surface area (TPSA) is 9.23 Å². The molecule has 0 spiro atoms. The van der Waals surface area contributed by atoms with E-state index in [1.807, 2.05) is 0 Å². The molecule has 1 aliphatic rings. The average molecular weight is 221 g/mol. The smallest absolute Gasteiger partial charge is 0.0575 e. The Hall–Kier alpha value is 0.440. The summed E-state index contributed by atoms with van der Waals surface area (Å²) in [4.78, 5) is 0. The normalized spacial score (nSPS) is 32.2. The van der Waals surface area contributed by atoms with Crippen LogP contribution in [-0.2, 0) is 4.74 Å². The molecule has 0 aromatic heterocycles. The number of halogens is 1. The fourth-order valence-electron chi connectivity index (χ4n) is 1.53. The van der Waals surface area contributed by atoms with Crippen LogP contribution in [0.15, 0.2) is 0 Å². The van der Waals surface area contributed by atoms with E-state index in [-0.39, 0.29) is 0 Å². The van der Waals surface area contributed by atoms with E-state index in [1.54, 1.807) is 0 Å². The molecular formula is C9H17BrO. The Labute approximate surface area is 77.6 Å².